The van der Waals surface area contributed by atoms with E-state index >= 15 is 0 Å². The van der Waals surface area contributed by atoms with Crippen molar-refractivity contribution in [3.05, 3.63) is 21.9 Å². The molecule has 3 heteroatoms. The lowest BCUT2D eigenvalue weighted by Crippen LogP contribution is -2.11. The van der Waals surface area contributed by atoms with Gasteiger partial charge in [0, 0.05) is 16.4 Å². The monoisotopic (exact) mass is 230 g/mol. The summed E-state index contributed by atoms with van der Waals surface area (Å²) in [7, 11) is 0. The maximum Gasteiger partial charge on any atom is 0.0939 e. The molecule has 0 spiro atoms. The van der Waals surface area contributed by atoms with Crippen molar-refractivity contribution in [2.24, 2.45) is 0 Å². The quantitative estimate of drug-likeness (QED) is 0.719. The van der Waals surface area contributed by atoms with Gasteiger partial charge in [0.05, 0.1) is 11.5 Å². The largest absolute Gasteiger partial charge is 0.376 e. The minimum absolute atomic E-state index is 0.0581. The summed E-state index contributed by atoms with van der Waals surface area (Å²) < 4.78 is 5.59. The van der Waals surface area contributed by atoms with Crippen molar-refractivity contribution in [3.63, 3.8) is 0 Å². The molecular formula is C11H15ClOS. The lowest BCUT2D eigenvalue weighted by Gasteiger charge is -2.14. The number of rotatable bonds is 3. The molecule has 1 fully saturated rings. The highest BCUT2D eigenvalue weighted by Gasteiger charge is 2.26. The van der Waals surface area contributed by atoms with Crippen molar-refractivity contribution in [2.45, 2.75) is 37.7 Å². The second-order valence-corrected chi connectivity index (χ2v) is 5.28. The average Bonchev–Trinajstić information content (AvgIpc) is 2.88. The SMILES string of the molecule is CCc1ccc(C(Cl)C2CCCO2)s1. The van der Waals surface area contributed by atoms with Gasteiger partial charge in [-0.3, -0.25) is 0 Å². The van der Waals surface area contributed by atoms with Crippen LogP contribution in [0.4, 0.5) is 0 Å². The van der Waals surface area contributed by atoms with E-state index in [0.717, 1.165) is 25.9 Å². The van der Waals surface area contributed by atoms with Crippen LogP contribution in [0.3, 0.4) is 0 Å². The minimum atomic E-state index is 0.0581. The highest BCUT2D eigenvalue weighted by atomic mass is 35.5. The second kappa shape index (κ2) is 4.65. The van der Waals surface area contributed by atoms with E-state index in [-0.39, 0.29) is 11.5 Å². The van der Waals surface area contributed by atoms with Crippen LogP contribution in [0.2, 0.25) is 0 Å². The number of hydrogen-bond acceptors (Lipinski definition) is 2. The van der Waals surface area contributed by atoms with Crippen LogP contribution in [-0.2, 0) is 11.2 Å². The molecule has 0 saturated carbocycles. The molecule has 1 saturated heterocycles. The molecule has 1 aliphatic rings. The van der Waals surface area contributed by atoms with E-state index in [1.54, 1.807) is 0 Å². The van der Waals surface area contributed by atoms with Crippen LogP contribution in [0.15, 0.2) is 12.1 Å². The Hall–Kier alpha value is -0.0500. The Labute approximate surface area is 94.0 Å². The summed E-state index contributed by atoms with van der Waals surface area (Å²) in [5, 5.41) is 0.0581. The van der Waals surface area contributed by atoms with Gasteiger partial charge in [-0.1, -0.05) is 6.92 Å². The smallest absolute Gasteiger partial charge is 0.0939 e. The van der Waals surface area contributed by atoms with Crippen molar-refractivity contribution < 1.29 is 4.74 Å². The van der Waals surface area contributed by atoms with Gasteiger partial charge in [-0.05, 0) is 31.4 Å². The van der Waals surface area contributed by atoms with Crippen LogP contribution in [-0.4, -0.2) is 12.7 Å². The maximum atomic E-state index is 6.37. The minimum Gasteiger partial charge on any atom is -0.376 e. The highest BCUT2D eigenvalue weighted by Crippen LogP contribution is 2.36. The predicted molar refractivity (Wildman–Crippen MR) is 61.3 cm³/mol. The van der Waals surface area contributed by atoms with Crippen molar-refractivity contribution in [1.29, 1.82) is 0 Å². The van der Waals surface area contributed by atoms with Gasteiger partial charge in [-0.15, -0.1) is 22.9 Å². The molecule has 1 aromatic rings. The van der Waals surface area contributed by atoms with Gasteiger partial charge in [0.15, 0.2) is 0 Å². The van der Waals surface area contributed by atoms with E-state index in [1.165, 1.54) is 9.75 Å². The fourth-order valence-electron chi connectivity index (χ4n) is 1.75. The molecule has 1 aliphatic heterocycles. The molecule has 2 unspecified atom stereocenters. The zero-order valence-electron chi connectivity index (χ0n) is 8.33. The maximum absolute atomic E-state index is 6.37. The van der Waals surface area contributed by atoms with E-state index in [2.05, 4.69) is 19.1 Å². The second-order valence-electron chi connectivity index (χ2n) is 3.61. The van der Waals surface area contributed by atoms with Crippen molar-refractivity contribution >= 4 is 22.9 Å². The number of ether oxygens (including phenoxy) is 1. The van der Waals surface area contributed by atoms with E-state index in [4.69, 9.17) is 16.3 Å². The normalized spacial score (nSPS) is 24.0. The van der Waals surface area contributed by atoms with Gasteiger partial charge in [0.25, 0.3) is 0 Å². The Balaban J connectivity index is 2.05. The summed E-state index contributed by atoms with van der Waals surface area (Å²) >= 11 is 8.18. The molecule has 2 rings (SSSR count). The Morgan fingerprint density at radius 1 is 1.64 bits per heavy atom. The Bertz CT molecular complexity index is 291. The molecule has 2 heterocycles. The van der Waals surface area contributed by atoms with Crippen molar-refractivity contribution in [1.82, 2.24) is 0 Å². The van der Waals surface area contributed by atoms with Gasteiger partial charge in [0.1, 0.15) is 0 Å². The van der Waals surface area contributed by atoms with Crippen LogP contribution >= 0.6 is 22.9 Å². The molecule has 78 valence electrons. The van der Waals surface area contributed by atoms with Crippen LogP contribution in [0.1, 0.15) is 34.9 Å². The van der Waals surface area contributed by atoms with Gasteiger partial charge >= 0.3 is 0 Å². The molecule has 2 atom stereocenters. The van der Waals surface area contributed by atoms with Crippen LogP contribution < -0.4 is 0 Å². The number of thiophene rings is 1. The van der Waals surface area contributed by atoms with Gasteiger partial charge in [0.2, 0.25) is 0 Å². The molecule has 14 heavy (non-hydrogen) atoms. The number of aryl methyl sites for hydroxylation is 1. The number of hydrogen-bond donors (Lipinski definition) is 0. The fourth-order valence-corrected chi connectivity index (χ4v) is 3.14. The lowest BCUT2D eigenvalue weighted by molar-refractivity contribution is 0.108. The first-order chi connectivity index (χ1) is 6.81. The Morgan fingerprint density at radius 2 is 2.50 bits per heavy atom. The van der Waals surface area contributed by atoms with Crippen LogP contribution in [0.5, 0.6) is 0 Å². The highest BCUT2D eigenvalue weighted by molar-refractivity contribution is 7.12. The summed E-state index contributed by atoms with van der Waals surface area (Å²) in [6.07, 6.45) is 3.59. The van der Waals surface area contributed by atoms with E-state index < -0.39 is 0 Å². The summed E-state index contributed by atoms with van der Waals surface area (Å²) in [6.45, 7) is 3.05. The molecule has 0 N–H and O–H groups in total. The predicted octanol–water partition coefficient (Wildman–Crippen LogP) is 3.77. The molecule has 0 amide bonds. The van der Waals surface area contributed by atoms with Crippen LogP contribution in [0.25, 0.3) is 0 Å². The van der Waals surface area contributed by atoms with Gasteiger partial charge in [-0.2, -0.15) is 0 Å². The van der Waals surface area contributed by atoms with Gasteiger partial charge in [-0.25, -0.2) is 0 Å². The topological polar surface area (TPSA) is 9.23 Å². The van der Waals surface area contributed by atoms with E-state index in [1.807, 2.05) is 11.3 Å². The van der Waals surface area contributed by atoms with Crippen LogP contribution in [0, 0.1) is 0 Å². The van der Waals surface area contributed by atoms with E-state index in [0.29, 0.717) is 0 Å². The molecule has 0 bridgehead atoms. The standard InChI is InChI=1S/C11H15ClOS/c1-2-8-5-6-10(14-8)11(12)9-4-3-7-13-9/h5-6,9,11H,2-4,7H2,1H3. The van der Waals surface area contributed by atoms with Crippen molar-refractivity contribution in [2.75, 3.05) is 6.61 Å². The van der Waals surface area contributed by atoms with Gasteiger partial charge < -0.3 is 4.74 Å². The Morgan fingerprint density at radius 3 is 3.07 bits per heavy atom. The first-order valence-electron chi connectivity index (χ1n) is 5.15. The summed E-state index contributed by atoms with van der Waals surface area (Å²) in [5.41, 5.74) is 0. The molecule has 0 aliphatic carbocycles. The first-order valence-corrected chi connectivity index (χ1v) is 6.41. The molecule has 0 radical (unpaired) electrons. The third-order valence-electron chi connectivity index (χ3n) is 2.59. The third-order valence-corrected chi connectivity index (χ3v) is 4.55. The molecule has 1 aromatic heterocycles. The van der Waals surface area contributed by atoms with Crippen molar-refractivity contribution in [3.8, 4) is 0 Å². The lowest BCUT2D eigenvalue weighted by atomic mass is 10.1. The average molecular weight is 231 g/mol. The number of alkyl halides is 1. The summed E-state index contributed by atoms with van der Waals surface area (Å²) in [5.74, 6) is 0. The molecule has 0 aromatic carbocycles. The summed E-state index contributed by atoms with van der Waals surface area (Å²) in [6, 6.07) is 4.31. The first kappa shape index (κ1) is 10.5. The zero-order chi connectivity index (χ0) is 9.97. The fraction of sp³-hybridized carbons (Fsp3) is 0.636. The summed E-state index contributed by atoms with van der Waals surface area (Å²) in [4.78, 5) is 2.67. The zero-order valence-corrected chi connectivity index (χ0v) is 9.90. The Kier molecular flexibility index (Phi) is 3.47. The number of halogens is 1. The third kappa shape index (κ3) is 2.13. The molecular weight excluding hydrogens is 216 g/mol. The van der Waals surface area contributed by atoms with E-state index in [9.17, 15) is 0 Å². The molecule has 1 nitrogen and oxygen atoms in total.